The van der Waals surface area contributed by atoms with Gasteiger partial charge in [-0.2, -0.15) is 17.4 Å². The number of hydrogen-bond donors (Lipinski definition) is 2. The average molecular weight is 354 g/mol. The van der Waals surface area contributed by atoms with Gasteiger partial charge >= 0.3 is 0 Å². The summed E-state index contributed by atoms with van der Waals surface area (Å²) < 4.78 is 35.2. The summed E-state index contributed by atoms with van der Waals surface area (Å²) in [6, 6.07) is 5.59. The van der Waals surface area contributed by atoms with Crippen molar-refractivity contribution >= 4 is 10.2 Å². The van der Waals surface area contributed by atoms with Gasteiger partial charge in [-0.1, -0.05) is 26.0 Å². The predicted octanol–water partition coefficient (Wildman–Crippen LogP) is 1.61. The van der Waals surface area contributed by atoms with Crippen LogP contribution in [0, 0.1) is 5.92 Å². The van der Waals surface area contributed by atoms with E-state index in [2.05, 4.69) is 4.72 Å². The lowest BCUT2D eigenvalue weighted by atomic mass is 9.75. The summed E-state index contributed by atoms with van der Waals surface area (Å²) >= 11 is 0. The lowest BCUT2D eigenvalue weighted by Crippen LogP contribution is -2.47. The standard InChI is InChI=1S/C17H26N2O4S/c1-3-19(4-2)24(21,22)18-17(14-10-15(20)11-14)13-5-6-16-12(9-13)7-8-23-16/h5-6,9,14-15,17-18,20H,3-4,7-8,10-11H2,1-2H3/t14?,15?,17-/m1/s1. The minimum atomic E-state index is -3.55. The Hall–Kier alpha value is -1.15. The van der Waals surface area contributed by atoms with Crippen molar-refractivity contribution in [1.29, 1.82) is 0 Å². The van der Waals surface area contributed by atoms with Crippen LogP contribution in [0.4, 0.5) is 0 Å². The van der Waals surface area contributed by atoms with Crippen molar-refractivity contribution in [2.24, 2.45) is 5.92 Å². The van der Waals surface area contributed by atoms with E-state index in [0.717, 1.165) is 23.3 Å². The van der Waals surface area contributed by atoms with Gasteiger partial charge in [-0.25, -0.2) is 0 Å². The third-order valence-electron chi connectivity index (χ3n) is 5.01. The highest BCUT2D eigenvalue weighted by atomic mass is 32.2. The quantitative estimate of drug-likeness (QED) is 0.780. The van der Waals surface area contributed by atoms with Crippen molar-refractivity contribution in [2.75, 3.05) is 19.7 Å². The molecule has 0 aromatic heterocycles. The molecule has 0 saturated heterocycles. The molecule has 1 atom stereocenters. The predicted molar refractivity (Wildman–Crippen MR) is 92.1 cm³/mol. The minimum Gasteiger partial charge on any atom is -0.493 e. The first-order valence-electron chi connectivity index (χ1n) is 8.65. The Morgan fingerprint density at radius 1 is 1.33 bits per heavy atom. The lowest BCUT2D eigenvalue weighted by Gasteiger charge is -2.39. The van der Waals surface area contributed by atoms with Crippen LogP contribution in [0.15, 0.2) is 18.2 Å². The van der Waals surface area contributed by atoms with E-state index in [1.54, 1.807) is 0 Å². The largest absolute Gasteiger partial charge is 0.493 e. The van der Waals surface area contributed by atoms with Crippen LogP contribution in [0.5, 0.6) is 5.75 Å². The van der Waals surface area contributed by atoms with Crippen LogP contribution < -0.4 is 9.46 Å². The molecule has 0 radical (unpaired) electrons. The minimum absolute atomic E-state index is 0.116. The molecule has 6 nitrogen and oxygen atoms in total. The third kappa shape index (κ3) is 3.44. The maximum absolute atomic E-state index is 12.7. The molecule has 3 rings (SSSR count). The molecule has 1 aliphatic carbocycles. The Labute approximate surface area is 144 Å². The highest BCUT2D eigenvalue weighted by Crippen LogP contribution is 2.40. The SMILES string of the molecule is CCN(CC)S(=O)(=O)N[C@H](c1ccc2c(c1)CCO2)C1CC(O)C1. The van der Waals surface area contributed by atoms with E-state index in [4.69, 9.17) is 4.74 Å². The monoisotopic (exact) mass is 354 g/mol. The first kappa shape index (κ1) is 17.7. The molecule has 7 heteroatoms. The van der Waals surface area contributed by atoms with Gasteiger partial charge in [0.15, 0.2) is 0 Å². The molecule has 24 heavy (non-hydrogen) atoms. The van der Waals surface area contributed by atoms with Gasteiger partial charge in [0.05, 0.1) is 18.8 Å². The van der Waals surface area contributed by atoms with E-state index in [9.17, 15) is 13.5 Å². The van der Waals surface area contributed by atoms with Gasteiger partial charge in [-0.05, 0) is 36.0 Å². The van der Waals surface area contributed by atoms with Crippen LogP contribution in [0.1, 0.15) is 43.9 Å². The molecule has 1 heterocycles. The van der Waals surface area contributed by atoms with Crippen molar-refractivity contribution in [1.82, 2.24) is 9.03 Å². The van der Waals surface area contributed by atoms with Gasteiger partial charge in [0.1, 0.15) is 5.75 Å². The Kier molecular flexibility index (Phi) is 5.15. The first-order valence-corrected chi connectivity index (χ1v) is 10.1. The molecule has 0 unspecified atom stereocenters. The normalized spacial score (nSPS) is 24.3. The Bertz CT molecular complexity index is 682. The number of benzene rings is 1. The molecule has 0 bridgehead atoms. The molecule has 2 aliphatic rings. The van der Waals surface area contributed by atoms with E-state index in [1.807, 2.05) is 32.0 Å². The van der Waals surface area contributed by atoms with E-state index >= 15 is 0 Å². The van der Waals surface area contributed by atoms with Gasteiger partial charge in [0.2, 0.25) is 0 Å². The van der Waals surface area contributed by atoms with Crippen molar-refractivity contribution < 1.29 is 18.3 Å². The topological polar surface area (TPSA) is 78.9 Å². The zero-order valence-electron chi connectivity index (χ0n) is 14.2. The molecular weight excluding hydrogens is 328 g/mol. The molecule has 1 fully saturated rings. The molecule has 2 N–H and O–H groups in total. The van der Waals surface area contributed by atoms with E-state index < -0.39 is 10.2 Å². The molecule has 134 valence electrons. The second-order valence-electron chi connectivity index (χ2n) is 6.54. The fourth-order valence-corrected chi connectivity index (χ4v) is 5.02. The van der Waals surface area contributed by atoms with E-state index in [1.165, 1.54) is 4.31 Å². The number of aliphatic hydroxyl groups is 1. The van der Waals surface area contributed by atoms with Crippen LogP contribution in [0.3, 0.4) is 0 Å². The number of rotatable bonds is 7. The molecule has 1 aromatic rings. The lowest BCUT2D eigenvalue weighted by molar-refractivity contribution is 0.0277. The number of ether oxygens (including phenoxy) is 1. The van der Waals surface area contributed by atoms with Crippen LogP contribution in [0.2, 0.25) is 0 Å². The number of hydrogen-bond acceptors (Lipinski definition) is 4. The smallest absolute Gasteiger partial charge is 0.279 e. The van der Waals surface area contributed by atoms with Gasteiger partial charge < -0.3 is 9.84 Å². The molecular formula is C17H26N2O4S. The molecule has 0 spiro atoms. The summed E-state index contributed by atoms with van der Waals surface area (Å²) in [5.41, 5.74) is 2.08. The van der Waals surface area contributed by atoms with Crippen molar-refractivity contribution in [3.05, 3.63) is 29.3 Å². The third-order valence-corrected chi connectivity index (χ3v) is 6.76. The fraction of sp³-hybridized carbons (Fsp3) is 0.647. The van der Waals surface area contributed by atoms with Crippen molar-refractivity contribution in [2.45, 2.75) is 45.3 Å². The second-order valence-corrected chi connectivity index (χ2v) is 8.24. The highest BCUT2D eigenvalue weighted by molar-refractivity contribution is 7.87. The van der Waals surface area contributed by atoms with Gasteiger partial charge in [0, 0.05) is 19.5 Å². The number of nitrogens with zero attached hydrogens (tertiary/aromatic N) is 1. The number of fused-ring (bicyclic) bond motifs is 1. The molecule has 1 aromatic carbocycles. The first-order chi connectivity index (χ1) is 11.4. The molecule has 0 amide bonds. The van der Waals surface area contributed by atoms with Crippen LogP contribution in [-0.4, -0.2) is 43.6 Å². The average Bonchev–Trinajstić information content (AvgIpc) is 2.98. The summed E-state index contributed by atoms with van der Waals surface area (Å²) in [5, 5.41) is 9.66. The van der Waals surface area contributed by atoms with Crippen molar-refractivity contribution in [3.63, 3.8) is 0 Å². The number of nitrogens with one attached hydrogen (secondary N) is 1. The molecule has 1 aliphatic heterocycles. The van der Waals surface area contributed by atoms with Gasteiger partial charge in [-0.3, -0.25) is 0 Å². The van der Waals surface area contributed by atoms with Gasteiger partial charge in [-0.15, -0.1) is 0 Å². The molecule has 1 saturated carbocycles. The maximum atomic E-state index is 12.7. The van der Waals surface area contributed by atoms with Gasteiger partial charge in [0.25, 0.3) is 10.2 Å². The van der Waals surface area contributed by atoms with Crippen LogP contribution >= 0.6 is 0 Å². The summed E-state index contributed by atoms with van der Waals surface area (Å²) in [7, 11) is -3.55. The number of aliphatic hydroxyl groups excluding tert-OH is 1. The summed E-state index contributed by atoms with van der Waals surface area (Å²) in [4.78, 5) is 0. The van der Waals surface area contributed by atoms with E-state index in [-0.39, 0.29) is 18.1 Å². The van der Waals surface area contributed by atoms with Crippen LogP contribution in [0.25, 0.3) is 0 Å². The van der Waals surface area contributed by atoms with Crippen LogP contribution in [-0.2, 0) is 16.6 Å². The second kappa shape index (κ2) is 7.00. The zero-order valence-corrected chi connectivity index (χ0v) is 15.1. The van der Waals surface area contributed by atoms with Crippen molar-refractivity contribution in [3.8, 4) is 5.75 Å². The highest BCUT2D eigenvalue weighted by Gasteiger charge is 2.38. The Morgan fingerprint density at radius 3 is 2.67 bits per heavy atom. The maximum Gasteiger partial charge on any atom is 0.279 e. The summed E-state index contributed by atoms with van der Waals surface area (Å²) in [5.74, 6) is 1.00. The Balaban J connectivity index is 1.87. The van der Waals surface area contributed by atoms with E-state index in [0.29, 0.717) is 32.5 Å². The fourth-order valence-electron chi connectivity index (χ4n) is 3.54. The summed E-state index contributed by atoms with van der Waals surface area (Å²) in [6.07, 6.45) is 1.78. The Morgan fingerprint density at radius 2 is 2.04 bits per heavy atom. The zero-order chi connectivity index (χ0) is 17.3. The summed E-state index contributed by atoms with van der Waals surface area (Å²) in [6.45, 7) is 5.21.